The molecule has 1 amide bonds. The zero-order valence-electron chi connectivity index (χ0n) is 14.3. The van der Waals surface area contributed by atoms with Gasteiger partial charge in [0.1, 0.15) is 23.1 Å². The van der Waals surface area contributed by atoms with Crippen molar-refractivity contribution in [2.24, 2.45) is 5.73 Å². The monoisotopic (exact) mass is 328 g/mol. The van der Waals surface area contributed by atoms with E-state index in [0.29, 0.717) is 6.54 Å². The highest BCUT2D eigenvalue weighted by Gasteiger charge is 2.30. The van der Waals surface area contributed by atoms with Gasteiger partial charge in [0.2, 0.25) is 5.91 Å². The van der Waals surface area contributed by atoms with Gasteiger partial charge in [-0.1, -0.05) is 30.3 Å². The highest BCUT2D eigenvalue weighted by molar-refractivity contribution is 5.86. The van der Waals surface area contributed by atoms with Crippen molar-refractivity contribution in [1.82, 2.24) is 5.32 Å². The molecular formula is C19H24N2O3. The van der Waals surface area contributed by atoms with Gasteiger partial charge in [0.05, 0.1) is 13.7 Å². The topological polar surface area (TPSA) is 73.6 Å². The van der Waals surface area contributed by atoms with Crippen LogP contribution in [0.2, 0.25) is 0 Å². The molecule has 128 valence electrons. The van der Waals surface area contributed by atoms with Crippen LogP contribution in [0.15, 0.2) is 54.6 Å². The molecule has 0 radical (unpaired) electrons. The van der Waals surface area contributed by atoms with Crippen molar-refractivity contribution in [3.8, 4) is 11.5 Å². The van der Waals surface area contributed by atoms with Gasteiger partial charge in [-0.2, -0.15) is 0 Å². The van der Waals surface area contributed by atoms with Crippen LogP contribution in [0.3, 0.4) is 0 Å². The number of rotatable bonds is 7. The Morgan fingerprint density at radius 2 is 1.71 bits per heavy atom. The van der Waals surface area contributed by atoms with E-state index in [2.05, 4.69) is 5.32 Å². The maximum absolute atomic E-state index is 12.4. The molecule has 0 saturated heterocycles. The smallest absolute Gasteiger partial charge is 0.244 e. The summed E-state index contributed by atoms with van der Waals surface area (Å²) in [4.78, 5) is 12.4. The van der Waals surface area contributed by atoms with Crippen molar-refractivity contribution in [3.05, 3.63) is 60.2 Å². The summed E-state index contributed by atoms with van der Waals surface area (Å²) < 4.78 is 10.9. The van der Waals surface area contributed by atoms with Crippen LogP contribution in [0.25, 0.3) is 0 Å². The molecule has 5 heteroatoms. The van der Waals surface area contributed by atoms with Crippen molar-refractivity contribution in [2.75, 3.05) is 13.7 Å². The van der Waals surface area contributed by atoms with Crippen LogP contribution >= 0.6 is 0 Å². The second kappa shape index (κ2) is 7.84. The predicted octanol–water partition coefficient (Wildman–Crippen LogP) is 2.45. The second-order valence-corrected chi connectivity index (χ2v) is 5.88. The Kier molecular flexibility index (Phi) is 5.82. The Hall–Kier alpha value is -2.53. The molecule has 0 bridgehead atoms. The van der Waals surface area contributed by atoms with Crippen LogP contribution < -0.4 is 20.5 Å². The van der Waals surface area contributed by atoms with E-state index in [1.165, 1.54) is 0 Å². The summed E-state index contributed by atoms with van der Waals surface area (Å²) in [6.07, 6.45) is -0.186. The molecule has 0 aliphatic heterocycles. The average Bonchev–Trinajstić information content (AvgIpc) is 2.61. The first-order valence-electron chi connectivity index (χ1n) is 7.87. The Labute approximate surface area is 142 Å². The lowest BCUT2D eigenvalue weighted by atomic mass is 9.92. The van der Waals surface area contributed by atoms with Gasteiger partial charge in [0.15, 0.2) is 0 Å². The standard InChI is InChI=1S/C19H24N2O3/c1-14(24-17-11-9-16(23-3)10-12-17)13-21-18(22)19(2,20)15-7-5-4-6-8-15/h4-12,14H,13,20H2,1-3H3,(H,21,22). The Bertz CT molecular complexity index is 654. The number of ether oxygens (including phenoxy) is 2. The van der Waals surface area contributed by atoms with Crippen LogP contribution in [0.4, 0.5) is 0 Å². The van der Waals surface area contributed by atoms with Crippen LogP contribution in [0, 0.1) is 0 Å². The van der Waals surface area contributed by atoms with E-state index < -0.39 is 5.54 Å². The number of nitrogens with one attached hydrogen (secondary N) is 1. The maximum Gasteiger partial charge on any atom is 0.244 e. The molecule has 0 aromatic heterocycles. The Balaban J connectivity index is 1.88. The summed E-state index contributed by atoms with van der Waals surface area (Å²) in [6, 6.07) is 16.6. The van der Waals surface area contributed by atoms with Gasteiger partial charge in [0, 0.05) is 0 Å². The molecule has 0 heterocycles. The molecule has 5 nitrogen and oxygen atoms in total. The van der Waals surface area contributed by atoms with Gasteiger partial charge in [0.25, 0.3) is 0 Å². The highest BCUT2D eigenvalue weighted by Crippen LogP contribution is 2.19. The van der Waals surface area contributed by atoms with E-state index in [-0.39, 0.29) is 12.0 Å². The summed E-state index contributed by atoms with van der Waals surface area (Å²) in [7, 11) is 1.62. The summed E-state index contributed by atoms with van der Waals surface area (Å²) >= 11 is 0. The molecule has 0 saturated carbocycles. The van der Waals surface area contributed by atoms with Crippen LogP contribution in [-0.4, -0.2) is 25.7 Å². The summed E-state index contributed by atoms with van der Waals surface area (Å²) in [6.45, 7) is 3.96. The van der Waals surface area contributed by atoms with Gasteiger partial charge < -0.3 is 20.5 Å². The lowest BCUT2D eigenvalue weighted by Crippen LogP contribution is -2.50. The van der Waals surface area contributed by atoms with E-state index in [4.69, 9.17) is 15.2 Å². The van der Waals surface area contributed by atoms with E-state index in [0.717, 1.165) is 17.1 Å². The van der Waals surface area contributed by atoms with Crippen LogP contribution in [0.5, 0.6) is 11.5 Å². The van der Waals surface area contributed by atoms with Crippen molar-refractivity contribution in [1.29, 1.82) is 0 Å². The van der Waals surface area contributed by atoms with Crippen molar-refractivity contribution in [3.63, 3.8) is 0 Å². The number of carbonyl (C=O) groups excluding carboxylic acids is 1. The first kappa shape index (κ1) is 17.8. The predicted molar refractivity (Wildman–Crippen MR) is 94.1 cm³/mol. The van der Waals surface area contributed by atoms with Crippen molar-refractivity contribution < 1.29 is 14.3 Å². The Morgan fingerprint density at radius 1 is 1.12 bits per heavy atom. The molecule has 0 fully saturated rings. The summed E-state index contributed by atoms with van der Waals surface area (Å²) in [5, 5.41) is 2.85. The molecule has 2 aromatic rings. The molecule has 3 N–H and O–H groups in total. The molecule has 0 spiro atoms. The lowest BCUT2D eigenvalue weighted by molar-refractivity contribution is -0.126. The number of benzene rings is 2. The number of carbonyl (C=O) groups is 1. The van der Waals surface area contributed by atoms with Crippen LogP contribution in [0.1, 0.15) is 19.4 Å². The molecule has 2 rings (SSSR count). The molecule has 2 aromatic carbocycles. The van der Waals surface area contributed by atoms with Gasteiger partial charge in [-0.15, -0.1) is 0 Å². The lowest BCUT2D eigenvalue weighted by Gasteiger charge is -2.25. The fourth-order valence-electron chi connectivity index (χ4n) is 2.26. The van der Waals surface area contributed by atoms with Gasteiger partial charge in [-0.05, 0) is 43.7 Å². The zero-order chi connectivity index (χ0) is 17.6. The van der Waals surface area contributed by atoms with E-state index in [9.17, 15) is 4.79 Å². The number of hydrogen-bond acceptors (Lipinski definition) is 4. The average molecular weight is 328 g/mol. The van der Waals surface area contributed by atoms with Crippen LogP contribution in [-0.2, 0) is 10.3 Å². The molecule has 2 unspecified atom stereocenters. The molecule has 0 aliphatic carbocycles. The third kappa shape index (κ3) is 4.49. The van der Waals surface area contributed by atoms with Gasteiger partial charge in [-0.25, -0.2) is 0 Å². The number of hydrogen-bond donors (Lipinski definition) is 2. The van der Waals surface area contributed by atoms with E-state index >= 15 is 0 Å². The minimum absolute atomic E-state index is 0.186. The molecule has 2 atom stereocenters. The van der Waals surface area contributed by atoms with Crippen molar-refractivity contribution >= 4 is 5.91 Å². The van der Waals surface area contributed by atoms with Gasteiger partial charge in [-0.3, -0.25) is 4.79 Å². The second-order valence-electron chi connectivity index (χ2n) is 5.88. The Morgan fingerprint density at radius 3 is 2.29 bits per heavy atom. The first-order valence-corrected chi connectivity index (χ1v) is 7.87. The fourth-order valence-corrected chi connectivity index (χ4v) is 2.26. The fraction of sp³-hybridized carbons (Fsp3) is 0.316. The number of amides is 1. The first-order chi connectivity index (χ1) is 11.4. The van der Waals surface area contributed by atoms with E-state index in [1.807, 2.05) is 61.5 Å². The molecule has 24 heavy (non-hydrogen) atoms. The van der Waals surface area contributed by atoms with Crippen molar-refractivity contribution in [2.45, 2.75) is 25.5 Å². The minimum atomic E-state index is -1.08. The van der Waals surface area contributed by atoms with E-state index in [1.54, 1.807) is 14.0 Å². The number of nitrogens with two attached hydrogens (primary N) is 1. The quantitative estimate of drug-likeness (QED) is 0.819. The molecular weight excluding hydrogens is 304 g/mol. The zero-order valence-corrected chi connectivity index (χ0v) is 14.3. The highest BCUT2D eigenvalue weighted by atomic mass is 16.5. The summed E-state index contributed by atoms with van der Waals surface area (Å²) in [5.74, 6) is 1.25. The largest absolute Gasteiger partial charge is 0.497 e. The maximum atomic E-state index is 12.4. The third-order valence-corrected chi connectivity index (χ3v) is 3.79. The minimum Gasteiger partial charge on any atom is -0.497 e. The third-order valence-electron chi connectivity index (χ3n) is 3.79. The number of methoxy groups -OCH3 is 1. The summed E-state index contributed by atoms with van der Waals surface area (Å²) in [5.41, 5.74) is 5.87. The normalized spacial score (nSPS) is 14.3. The molecule has 0 aliphatic rings. The SMILES string of the molecule is COc1ccc(OC(C)CNC(=O)C(C)(N)c2ccccc2)cc1. The van der Waals surface area contributed by atoms with Gasteiger partial charge >= 0.3 is 0 Å².